The van der Waals surface area contributed by atoms with Gasteiger partial charge in [-0.2, -0.15) is 4.31 Å². The average Bonchev–Trinajstić information content (AvgIpc) is 2.84. The van der Waals surface area contributed by atoms with Crippen LogP contribution in [0.3, 0.4) is 0 Å². The van der Waals surface area contributed by atoms with Crippen molar-refractivity contribution in [1.29, 1.82) is 0 Å². The van der Waals surface area contributed by atoms with E-state index >= 15 is 0 Å². The summed E-state index contributed by atoms with van der Waals surface area (Å²) < 4.78 is 40.0. The molecule has 2 fully saturated rings. The van der Waals surface area contributed by atoms with E-state index in [2.05, 4.69) is 0 Å². The van der Waals surface area contributed by atoms with E-state index in [0.29, 0.717) is 39.0 Å². The van der Waals surface area contributed by atoms with Gasteiger partial charge in [0.05, 0.1) is 10.5 Å². The zero-order chi connectivity index (χ0) is 23.6. The highest BCUT2D eigenvalue weighted by Crippen LogP contribution is 2.26. The lowest BCUT2D eigenvalue weighted by Crippen LogP contribution is -2.53. The van der Waals surface area contributed by atoms with E-state index in [1.165, 1.54) is 22.5 Å². The van der Waals surface area contributed by atoms with Crippen LogP contribution < -0.4 is 0 Å². The van der Waals surface area contributed by atoms with Crippen LogP contribution in [0.2, 0.25) is 0 Å². The molecule has 0 aliphatic carbocycles. The summed E-state index contributed by atoms with van der Waals surface area (Å²) in [5.41, 5.74) is 0.243. The third kappa shape index (κ3) is 4.86. The first-order chi connectivity index (χ1) is 15.8. The highest BCUT2D eigenvalue weighted by Gasteiger charge is 2.35. The third-order valence-corrected chi connectivity index (χ3v) is 8.18. The lowest BCUT2D eigenvalue weighted by atomic mass is 9.96. The van der Waals surface area contributed by atoms with Crippen LogP contribution in [0.1, 0.15) is 23.2 Å². The molecular weight excluding hydrogens is 449 g/mol. The summed E-state index contributed by atoms with van der Waals surface area (Å²) in [6, 6.07) is 11.1. The number of carbonyl (C=O) groups excluding carboxylic acids is 2. The summed E-state index contributed by atoms with van der Waals surface area (Å²) in [5, 5.41) is 9.91. The van der Waals surface area contributed by atoms with Gasteiger partial charge in [-0.1, -0.05) is 12.1 Å². The van der Waals surface area contributed by atoms with E-state index in [1.54, 1.807) is 28.0 Å². The van der Waals surface area contributed by atoms with Gasteiger partial charge in [-0.05, 0) is 49.2 Å². The van der Waals surface area contributed by atoms with Crippen LogP contribution in [0.15, 0.2) is 53.4 Å². The van der Waals surface area contributed by atoms with Crippen LogP contribution in [0.4, 0.5) is 4.39 Å². The Hall–Kier alpha value is -2.98. The maximum Gasteiger partial charge on any atom is 0.257 e. The second-order valence-corrected chi connectivity index (χ2v) is 10.2. The highest BCUT2D eigenvalue weighted by atomic mass is 32.2. The van der Waals surface area contributed by atoms with Gasteiger partial charge >= 0.3 is 0 Å². The van der Waals surface area contributed by atoms with Crippen LogP contribution in [0.25, 0.3) is 0 Å². The molecule has 0 atom stereocenters. The summed E-state index contributed by atoms with van der Waals surface area (Å²) in [4.78, 5) is 29.0. The van der Waals surface area contributed by atoms with Crippen LogP contribution in [0, 0.1) is 11.7 Å². The molecule has 2 saturated heterocycles. The van der Waals surface area contributed by atoms with Gasteiger partial charge in [0.1, 0.15) is 11.6 Å². The molecule has 10 heteroatoms. The zero-order valence-corrected chi connectivity index (χ0v) is 18.9. The standard InChI is InChI=1S/C23H26FN3O5S/c24-18-5-7-19(8-6-18)33(31,32)27-11-9-17(10-12-27)22(29)25-13-15-26(16-14-25)23(30)20-3-1-2-4-21(20)28/h1-8,17,28H,9-16H2. The number of nitrogens with zero attached hydrogens (tertiary/aromatic N) is 3. The van der Waals surface area contributed by atoms with Gasteiger partial charge in [0.2, 0.25) is 15.9 Å². The molecule has 0 saturated carbocycles. The van der Waals surface area contributed by atoms with Crippen molar-refractivity contribution < 1.29 is 27.5 Å². The maximum absolute atomic E-state index is 13.1. The van der Waals surface area contributed by atoms with Gasteiger partial charge in [0, 0.05) is 45.2 Å². The van der Waals surface area contributed by atoms with Crippen LogP contribution in [-0.4, -0.2) is 78.7 Å². The van der Waals surface area contributed by atoms with Crippen molar-refractivity contribution in [2.24, 2.45) is 5.92 Å². The smallest absolute Gasteiger partial charge is 0.257 e. The monoisotopic (exact) mass is 475 g/mol. The van der Waals surface area contributed by atoms with Crippen molar-refractivity contribution >= 4 is 21.8 Å². The molecule has 1 N–H and O–H groups in total. The number of rotatable bonds is 4. The molecule has 0 unspecified atom stereocenters. The summed E-state index contributed by atoms with van der Waals surface area (Å²) >= 11 is 0. The summed E-state index contributed by atoms with van der Waals surface area (Å²) in [6.45, 7) is 1.98. The molecule has 2 aromatic carbocycles. The molecule has 8 nitrogen and oxygen atoms in total. The number of aromatic hydroxyl groups is 1. The SMILES string of the molecule is O=C(c1ccccc1O)N1CCN(C(=O)C2CCN(S(=O)(=O)c3ccc(F)cc3)CC2)CC1. The molecule has 2 amide bonds. The minimum Gasteiger partial charge on any atom is -0.507 e. The van der Waals surface area contributed by atoms with Gasteiger partial charge in [-0.15, -0.1) is 0 Å². The number of sulfonamides is 1. The van der Waals surface area contributed by atoms with Gasteiger partial charge in [0.25, 0.3) is 5.91 Å². The van der Waals surface area contributed by atoms with E-state index in [4.69, 9.17) is 0 Å². The lowest BCUT2D eigenvalue weighted by Gasteiger charge is -2.38. The topological polar surface area (TPSA) is 98.2 Å². The molecule has 4 rings (SSSR count). The molecule has 2 heterocycles. The molecule has 0 radical (unpaired) electrons. The Morgan fingerprint density at radius 1 is 0.848 bits per heavy atom. The molecule has 0 bridgehead atoms. The number of carbonyl (C=O) groups is 2. The Kier molecular flexibility index (Phi) is 6.66. The Labute approximate surface area is 192 Å². The molecule has 0 spiro atoms. The van der Waals surface area contributed by atoms with Crippen molar-refractivity contribution in [2.75, 3.05) is 39.3 Å². The van der Waals surface area contributed by atoms with Gasteiger partial charge < -0.3 is 14.9 Å². The van der Waals surface area contributed by atoms with Crippen molar-refractivity contribution in [3.05, 3.63) is 59.9 Å². The number of hydrogen-bond donors (Lipinski definition) is 1. The number of phenols is 1. The van der Waals surface area contributed by atoms with E-state index in [0.717, 1.165) is 12.1 Å². The Bertz CT molecular complexity index is 1120. The Morgan fingerprint density at radius 2 is 1.42 bits per heavy atom. The second-order valence-electron chi connectivity index (χ2n) is 8.27. The summed E-state index contributed by atoms with van der Waals surface area (Å²) in [7, 11) is -3.72. The van der Waals surface area contributed by atoms with Crippen LogP contribution in [-0.2, 0) is 14.8 Å². The second kappa shape index (κ2) is 9.48. The fourth-order valence-corrected chi connectivity index (χ4v) is 5.78. The van der Waals surface area contributed by atoms with Gasteiger partial charge in [-0.25, -0.2) is 12.8 Å². The molecule has 176 valence electrons. The van der Waals surface area contributed by atoms with Crippen LogP contribution in [0.5, 0.6) is 5.75 Å². The first-order valence-electron chi connectivity index (χ1n) is 10.9. The molecule has 0 aromatic heterocycles. The largest absolute Gasteiger partial charge is 0.507 e. The predicted octanol–water partition coefficient (Wildman–Crippen LogP) is 1.92. The van der Waals surface area contributed by atoms with E-state index in [-0.39, 0.29) is 47.0 Å². The fourth-order valence-electron chi connectivity index (χ4n) is 4.31. The fraction of sp³-hybridized carbons (Fsp3) is 0.391. The Morgan fingerprint density at radius 3 is 2.03 bits per heavy atom. The molecule has 2 aromatic rings. The average molecular weight is 476 g/mol. The molecular formula is C23H26FN3O5S. The number of halogens is 1. The quantitative estimate of drug-likeness (QED) is 0.729. The molecule has 2 aliphatic heterocycles. The minimum atomic E-state index is -3.72. The lowest BCUT2D eigenvalue weighted by molar-refractivity contribution is -0.138. The normalized spacial score (nSPS) is 18.3. The third-order valence-electron chi connectivity index (χ3n) is 6.27. The number of benzene rings is 2. The number of amides is 2. The van der Waals surface area contributed by atoms with Crippen molar-refractivity contribution in [3.8, 4) is 5.75 Å². The highest BCUT2D eigenvalue weighted by molar-refractivity contribution is 7.89. The molecule has 33 heavy (non-hydrogen) atoms. The number of para-hydroxylation sites is 1. The van der Waals surface area contributed by atoms with Crippen LogP contribution >= 0.6 is 0 Å². The zero-order valence-electron chi connectivity index (χ0n) is 18.1. The minimum absolute atomic E-state index is 0.0245. The summed E-state index contributed by atoms with van der Waals surface area (Å²) in [6.07, 6.45) is 0.826. The van der Waals surface area contributed by atoms with E-state index in [9.17, 15) is 27.5 Å². The summed E-state index contributed by atoms with van der Waals surface area (Å²) in [5.74, 6) is -1.13. The Balaban J connectivity index is 1.30. The first-order valence-corrected chi connectivity index (χ1v) is 12.3. The number of hydrogen-bond acceptors (Lipinski definition) is 5. The van der Waals surface area contributed by atoms with E-state index < -0.39 is 15.8 Å². The van der Waals surface area contributed by atoms with Gasteiger partial charge in [-0.3, -0.25) is 9.59 Å². The number of piperidine rings is 1. The first kappa shape index (κ1) is 23.2. The number of phenolic OH excluding ortho intramolecular Hbond substituents is 1. The number of piperazine rings is 1. The predicted molar refractivity (Wildman–Crippen MR) is 118 cm³/mol. The van der Waals surface area contributed by atoms with E-state index in [1.807, 2.05) is 0 Å². The maximum atomic E-state index is 13.1. The molecule has 2 aliphatic rings. The van der Waals surface area contributed by atoms with Crippen molar-refractivity contribution in [3.63, 3.8) is 0 Å². The van der Waals surface area contributed by atoms with Crippen molar-refractivity contribution in [2.45, 2.75) is 17.7 Å². The van der Waals surface area contributed by atoms with Gasteiger partial charge in [0.15, 0.2) is 0 Å². The van der Waals surface area contributed by atoms with Crippen molar-refractivity contribution in [1.82, 2.24) is 14.1 Å².